The van der Waals surface area contributed by atoms with Crippen molar-refractivity contribution in [3.63, 3.8) is 0 Å². The van der Waals surface area contributed by atoms with Crippen LogP contribution in [-0.2, 0) is 9.63 Å². The van der Waals surface area contributed by atoms with E-state index >= 15 is 0 Å². The molecule has 0 spiro atoms. The first kappa shape index (κ1) is 12.8. The van der Waals surface area contributed by atoms with Gasteiger partial charge in [-0.05, 0) is 19.1 Å². The molecule has 5 heteroatoms. The van der Waals surface area contributed by atoms with Gasteiger partial charge < -0.3 is 9.57 Å². The summed E-state index contributed by atoms with van der Waals surface area (Å²) in [6.07, 6.45) is 0.215. The fourth-order valence-electron chi connectivity index (χ4n) is 1.02. The summed E-state index contributed by atoms with van der Waals surface area (Å²) in [6, 6.07) is 8.51. The van der Waals surface area contributed by atoms with Crippen LogP contribution in [-0.4, -0.2) is 23.7 Å². The van der Waals surface area contributed by atoms with Crippen LogP contribution in [0.15, 0.2) is 43.0 Å². The number of hydrogen-bond donors (Lipinski definition) is 0. The molecule has 90 valence electrons. The zero-order valence-electron chi connectivity index (χ0n) is 9.46. The number of hydrogen-bond acceptors (Lipinski definition) is 4. The minimum absolute atomic E-state index is 0.186. The van der Waals surface area contributed by atoms with Crippen molar-refractivity contribution in [1.29, 1.82) is 0 Å². The fraction of sp³-hybridized carbons (Fsp3) is 0.167. The molecule has 0 N–H and O–H groups in total. The van der Waals surface area contributed by atoms with Gasteiger partial charge in [0.25, 0.3) is 0 Å². The van der Waals surface area contributed by atoms with Gasteiger partial charge in [0.15, 0.2) is 0 Å². The smallest absolute Gasteiger partial charge is 0.408 e. The Morgan fingerprint density at radius 2 is 2.00 bits per heavy atom. The Bertz CT molecular complexity index is 402. The molecule has 0 saturated carbocycles. The molecule has 0 bridgehead atoms. The lowest BCUT2D eigenvalue weighted by Crippen LogP contribution is -2.35. The predicted octanol–water partition coefficient (Wildman–Crippen LogP) is 2.15. The number of ether oxygens (including phenoxy) is 1. The van der Waals surface area contributed by atoms with Crippen LogP contribution in [0.1, 0.15) is 6.92 Å². The summed E-state index contributed by atoms with van der Waals surface area (Å²) in [5, 5.41) is 0.816. The first-order chi connectivity index (χ1) is 8.17. The molecule has 1 aromatic carbocycles. The Morgan fingerprint density at radius 1 is 1.35 bits per heavy atom. The van der Waals surface area contributed by atoms with E-state index in [-0.39, 0.29) is 6.54 Å². The third kappa shape index (κ3) is 3.98. The lowest BCUT2D eigenvalue weighted by molar-refractivity contribution is -0.172. The molecule has 5 nitrogen and oxygen atoms in total. The van der Waals surface area contributed by atoms with Crippen molar-refractivity contribution < 1.29 is 19.2 Å². The van der Waals surface area contributed by atoms with E-state index in [4.69, 9.17) is 4.74 Å². The van der Waals surface area contributed by atoms with Crippen LogP contribution in [0.5, 0.6) is 5.75 Å². The normalized spacial score (nSPS) is 9.24. The number of benzene rings is 1. The molecule has 0 aromatic heterocycles. The van der Waals surface area contributed by atoms with Crippen molar-refractivity contribution in [3.05, 3.63) is 43.0 Å². The highest BCUT2D eigenvalue weighted by Crippen LogP contribution is 2.10. The van der Waals surface area contributed by atoms with Gasteiger partial charge >= 0.3 is 12.1 Å². The van der Waals surface area contributed by atoms with E-state index in [9.17, 15) is 9.59 Å². The van der Waals surface area contributed by atoms with Gasteiger partial charge in [0.05, 0.1) is 6.54 Å². The van der Waals surface area contributed by atoms with E-state index in [1.165, 1.54) is 0 Å². The second kappa shape index (κ2) is 6.32. The molecule has 17 heavy (non-hydrogen) atoms. The third-order valence-electron chi connectivity index (χ3n) is 1.81. The summed E-state index contributed by atoms with van der Waals surface area (Å²) >= 11 is 0. The van der Waals surface area contributed by atoms with E-state index in [2.05, 4.69) is 11.4 Å². The lowest BCUT2D eigenvalue weighted by atomic mass is 10.3. The largest absolute Gasteiger partial charge is 0.448 e. The maximum Gasteiger partial charge on any atom is 0.448 e. The number of para-hydroxylation sites is 1. The van der Waals surface area contributed by atoms with Crippen molar-refractivity contribution in [2.75, 3.05) is 6.54 Å². The first-order valence-electron chi connectivity index (χ1n) is 5.06. The van der Waals surface area contributed by atoms with Gasteiger partial charge in [-0.2, -0.15) is 0 Å². The lowest BCUT2D eigenvalue weighted by Gasteiger charge is -2.17. The summed E-state index contributed by atoms with van der Waals surface area (Å²) < 4.78 is 4.99. The average Bonchev–Trinajstić information content (AvgIpc) is 2.36. The minimum Gasteiger partial charge on any atom is -0.408 e. The summed E-state index contributed by atoms with van der Waals surface area (Å²) in [7, 11) is 0. The molecule has 0 unspecified atom stereocenters. The molecule has 0 saturated heterocycles. The second-order valence-corrected chi connectivity index (χ2v) is 2.99. The van der Waals surface area contributed by atoms with Crippen LogP contribution >= 0.6 is 0 Å². The molecule has 0 radical (unpaired) electrons. The van der Waals surface area contributed by atoms with Gasteiger partial charge in [0.1, 0.15) is 5.75 Å². The first-order valence-corrected chi connectivity index (χ1v) is 5.06. The fourth-order valence-corrected chi connectivity index (χ4v) is 1.02. The minimum atomic E-state index is -0.756. The number of nitrogens with zero attached hydrogens (tertiary/aromatic N) is 1. The number of carbonyl (C=O) groups is 2. The van der Waals surface area contributed by atoms with Crippen molar-refractivity contribution in [1.82, 2.24) is 5.06 Å². The highest BCUT2D eigenvalue weighted by atomic mass is 16.7. The number of amides is 1. The molecular weight excluding hydrogens is 222 g/mol. The van der Waals surface area contributed by atoms with Crippen LogP contribution in [0.2, 0.25) is 0 Å². The molecule has 0 heterocycles. The van der Waals surface area contributed by atoms with E-state index in [1.807, 2.05) is 0 Å². The monoisotopic (exact) mass is 235 g/mol. The van der Waals surface area contributed by atoms with E-state index in [0.29, 0.717) is 5.75 Å². The third-order valence-corrected chi connectivity index (χ3v) is 1.81. The van der Waals surface area contributed by atoms with Crippen LogP contribution < -0.4 is 4.74 Å². The van der Waals surface area contributed by atoms with Gasteiger partial charge in [0, 0.05) is 6.08 Å². The van der Waals surface area contributed by atoms with Crippen molar-refractivity contribution in [2.24, 2.45) is 0 Å². The maximum absolute atomic E-state index is 11.6. The topological polar surface area (TPSA) is 55.8 Å². The van der Waals surface area contributed by atoms with Gasteiger partial charge in [-0.1, -0.05) is 24.8 Å². The number of carbonyl (C=O) groups excluding carboxylic acids is 2. The Kier molecular flexibility index (Phi) is 4.75. The van der Waals surface area contributed by atoms with Gasteiger partial charge in [-0.15, -0.1) is 5.06 Å². The predicted molar refractivity (Wildman–Crippen MR) is 61.1 cm³/mol. The molecule has 0 atom stereocenters. The molecule has 1 rings (SSSR count). The molecule has 0 aliphatic rings. The van der Waals surface area contributed by atoms with E-state index in [1.54, 1.807) is 37.3 Å². The van der Waals surface area contributed by atoms with Gasteiger partial charge in [0.2, 0.25) is 0 Å². The quantitative estimate of drug-likeness (QED) is 0.595. The Labute approximate surface area is 99.2 Å². The van der Waals surface area contributed by atoms with Crippen molar-refractivity contribution >= 4 is 12.1 Å². The van der Waals surface area contributed by atoms with Crippen molar-refractivity contribution in [2.45, 2.75) is 6.92 Å². The molecule has 1 aromatic rings. The molecular formula is C12H13NO4. The van der Waals surface area contributed by atoms with Crippen LogP contribution in [0.3, 0.4) is 0 Å². The van der Waals surface area contributed by atoms with E-state index in [0.717, 1.165) is 11.1 Å². The number of hydroxylamine groups is 2. The Hall–Kier alpha value is -2.30. The highest BCUT2D eigenvalue weighted by molar-refractivity contribution is 5.82. The second-order valence-electron chi connectivity index (χ2n) is 2.99. The van der Waals surface area contributed by atoms with E-state index < -0.39 is 12.1 Å². The van der Waals surface area contributed by atoms with Gasteiger partial charge in [-0.3, -0.25) is 0 Å². The van der Waals surface area contributed by atoms with Crippen LogP contribution in [0.25, 0.3) is 0 Å². The standard InChI is InChI=1S/C12H13NO4/c1-3-11(14)17-13(4-2)12(15)16-10-8-6-5-7-9-10/h3,5-9H,1,4H2,2H3. The Balaban J connectivity index is 2.61. The SMILES string of the molecule is C=CC(=O)ON(CC)C(=O)Oc1ccccc1. The number of rotatable bonds is 3. The molecule has 0 aliphatic heterocycles. The summed E-state index contributed by atoms with van der Waals surface area (Å²) in [6.45, 7) is 5.08. The highest BCUT2D eigenvalue weighted by Gasteiger charge is 2.17. The summed E-state index contributed by atoms with van der Waals surface area (Å²) in [4.78, 5) is 27.2. The van der Waals surface area contributed by atoms with Gasteiger partial charge in [-0.25, -0.2) is 9.59 Å². The maximum atomic E-state index is 11.6. The summed E-state index contributed by atoms with van der Waals surface area (Å²) in [5.41, 5.74) is 0. The van der Waals surface area contributed by atoms with Crippen molar-refractivity contribution in [3.8, 4) is 5.75 Å². The molecule has 0 fully saturated rings. The average molecular weight is 235 g/mol. The van der Waals surface area contributed by atoms with Crippen LogP contribution in [0.4, 0.5) is 4.79 Å². The zero-order chi connectivity index (χ0) is 12.7. The summed E-state index contributed by atoms with van der Waals surface area (Å²) in [5.74, 6) is -0.331. The molecule has 0 aliphatic carbocycles. The zero-order valence-corrected chi connectivity index (χ0v) is 9.46. The Morgan fingerprint density at radius 3 is 2.53 bits per heavy atom. The van der Waals surface area contributed by atoms with Crippen LogP contribution in [0, 0.1) is 0 Å². The molecule has 1 amide bonds.